The van der Waals surface area contributed by atoms with Crippen LogP contribution in [0.15, 0.2) is 24.8 Å². The van der Waals surface area contributed by atoms with E-state index in [2.05, 4.69) is 30.6 Å². The van der Waals surface area contributed by atoms with Crippen molar-refractivity contribution in [3.8, 4) is 0 Å². The molecule has 2 rings (SSSR count). The highest BCUT2D eigenvalue weighted by molar-refractivity contribution is 5.81. The number of rotatable bonds is 12. The van der Waals surface area contributed by atoms with Crippen LogP contribution >= 0.6 is 0 Å². The third-order valence-electron chi connectivity index (χ3n) is 4.96. The van der Waals surface area contributed by atoms with Crippen LogP contribution in [0.1, 0.15) is 64.7 Å². The normalized spacial score (nSPS) is 23.7. The number of carbonyl (C=O) groups excluding carboxylic acids is 1. The van der Waals surface area contributed by atoms with E-state index in [1.807, 2.05) is 6.08 Å². The van der Waals surface area contributed by atoms with Gasteiger partial charge in [-0.3, -0.25) is 4.79 Å². The second kappa shape index (κ2) is 9.17. The highest BCUT2D eigenvalue weighted by Crippen LogP contribution is 2.43. The Morgan fingerprint density at radius 3 is 2.64 bits per heavy atom. The minimum absolute atomic E-state index is 0.336. The molecule has 0 aromatic heterocycles. The molecule has 2 heteroatoms. The van der Waals surface area contributed by atoms with E-state index < -0.39 is 0 Å². The van der Waals surface area contributed by atoms with Crippen LogP contribution in [0.2, 0.25) is 0 Å². The lowest BCUT2D eigenvalue weighted by Crippen LogP contribution is -2.34. The van der Waals surface area contributed by atoms with Crippen LogP contribution in [-0.4, -0.2) is 23.9 Å². The predicted molar refractivity (Wildman–Crippen MR) is 93.6 cm³/mol. The molecule has 0 saturated heterocycles. The average Bonchev–Trinajstić information content (AvgIpc) is 3.41. The summed E-state index contributed by atoms with van der Waals surface area (Å²) in [6.45, 7) is 7.74. The first-order valence-corrected chi connectivity index (χ1v) is 9.31. The van der Waals surface area contributed by atoms with E-state index in [-0.39, 0.29) is 0 Å². The second-order valence-electron chi connectivity index (χ2n) is 7.11. The molecule has 2 nitrogen and oxygen atoms in total. The zero-order valence-electron chi connectivity index (χ0n) is 14.3. The van der Waals surface area contributed by atoms with Gasteiger partial charge < -0.3 is 4.90 Å². The maximum atomic E-state index is 12.2. The maximum Gasteiger partial charge on any atom is 0.225 e. The number of allylic oxidation sites excluding steroid dienone is 2. The van der Waals surface area contributed by atoms with Crippen LogP contribution in [0.25, 0.3) is 0 Å². The molecule has 2 saturated carbocycles. The summed E-state index contributed by atoms with van der Waals surface area (Å²) >= 11 is 0. The summed E-state index contributed by atoms with van der Waals surface area (Å²) in [6, 6.07) is 0. The largest absolute Gasteiger partial charge is 0.338 e. The van der Waals surface area contributed by atoms with Crippen molar-refractivity contribution in [2.45, 2.75) is 64.7 Å². The van der Waals surface area contributed by atoms with Gasteiger partial charge in [0.1, 0.15) is 0 Å². The lowest BCUT2D eigenvalue weighted by atomic mass is 10.1. The SMILES string of the molecule is C=CCN(CC1CC1CCC=CCCCCC)C(=O)C1CC1. The quantitative estimate of drug-likeness (QED) is 0.368. The molecule has 0 aromatic rings. The fraction of sp³-hybridized carbons (Fsp3) is 0.750. The maximum absolute atomic E-state index is 12.2. The molecule has 0 aromatic carbocycles. The van der Waals surface area contributed by atoms with Crippen molar-refractivity contribution < 1.29 is 4.79 Å². The van der Waals surface area contributed by atoms with E-state index in [0.717, 1.165) is 37.8 Å². The Balaban J connectivity index is 1.58. The molecule has 0 aliphatic heterocycles. The highest BCUT2D eigenvalue weighted by Gasteiger charge is 2.40. The van der Waals surface area contributed by atoms with Crippen molar-refractivity contribution in [2.24, 2.45) is 17.8 Å². The van der Waals surface area contributed by atoms with Gasteiger partial charge in [0.25, 0.3) is 0 Å². The molecule has 1 amide bonds. The third kappa shape index (κ3) is 5.98. The van der Waals surface area contributed by atoms with E-state index in [9.17, 15) is 4.79 Å². The summed E-state index contributed by atoms with van der Waals surface area (Å²) in [5.41, 5.74) is 0. The molecule has 0 bridgehead atoms. The van der Waals surface area contributed by atoms with Gasteiger partial charge >= 0.3 is 0 Å². The van der Waals surface area contributed by atoms with Crippen LogP contribution < -0.4 is 0 Å². The van der Waals surface area contributed by atoms with E-state index in [0.29, 0.717) is 11.8 Å². The minimum Gasteiger partial charge on any atom is -0.338 e. The van der Waals surface area contributed by atoms with E-state index >= 15 is 0 Å². The minimum atomic E-state index is 0.336. The molecule has 2 unspecified atom stereocenters. The Morgan fingerprint density at radius 1 is 1.18 bits per heavy atom. The van der Waals surface area contributed by atoms with Crippen LogP contribution in [-0.2, 0) is 4.79 Å². The Labute approximate surface area is 136 Å². The Bertz CT molecular complexity index is 383. The van der Waals surface area contributed by atoms with Gasteiger partial charge in [-0.05, 0) is 56.8 Å². The number of hydrogen-bond donors (Lipinski definition) is 0. The first-order chi connectivity index (χ1) is 10.8. The average molecular weight is 303 g/mol. The molecule has 0 radical (unpaired) electrons. The summed E-state index contributed by atoms with van der Waals surface area (Å²) in [4.78, 5) is 14.3. The molecular weight excluding hydrogens is 270 g/mol. The topological polar surface area (TPSA) is 20.3 Å². The van der Waals surface area contributed by atoms with Gasteiger partial charge in [0, 0.05) is 19.0 Å². The van der Waals surface area contributed by atoms with Crippen molar-refractivity contribution >= 4 is 5.91 Å². The monoisotopic (exact) mass is 303 g/mol. The summed E-state index contributed by atoms with van der Waals surface area (Å²) in [5.74, 6) is 2.31. The summed E-state index contributed by atoms with van der Waals surface area (Å²) in [6.07, 6.45) is 17.8. The summed E-state index contributed by atoms with van der Waals surface area (Å²) in [7, 11) is 0. The number of nitrogens with zero attached hydrogens (tertiary/aromatic N) is 1. The first kappa shape index (κ1) is 17.3. The molecular formula is C20H33NO. The third-order valence-corrected chi connectivity index (χ3v) is 4.96. The second-order valence-corrected chi connectivity index (χ2v) is 7.11. The molecule has 2 aliphatic carbocycles. The fourth-order valence-corrected chi connectivity index (χ4v) is 3.23. The number of unbranched alkanes of at least 4 members (excludes halogenated alkanes) is 3. The lowest BCUT2D eigenvalue weighted by Gasteiger charge is -2.21. The van der Waals surface area contributed by atoms with Gasteiger partial charge in [0.05, 0.1) is 0 Å². The van der Waals surface area contributed by atoms with Crippen LogP contribution in [0, 0.1) is 17.8 Å². The van der Waals surface area contributed by atoms with Crippen molar-refractivity contribution in [1.82, 2.24) is 4.90 Å². The Morgan fingerprint density at radius 2 is 1.95 bits per heavy atom. The molecule has 0 heterocycles. The smallest absolute Gasteiger partial charge is 0.225 e. The van der Waals surface area contributed by atoms with Gasteiger partial charge in [-0.1, -0.05) is 38.0 Å². The fourth-order valence-electron chi connectivity index (χ4n) is 3.23. The number of hydrogen-bond acceptors (Lipinski definition) is 1. The van der Waals surface area contributed by atoms with Gasteiger partial charge in [-0.15, -0.1) is 6.58 Å². The summed E-state index contributed by atoms with van der Waals surface area (Å²) < 4.78 is 0. The van der Waals surface area contributed by atoms with Crippen LogP contribution in [0.5, 0.6) is 0 Å². The van der Waals surface area contributed by atoms with Crippen molar-refractivity contribution in [3.63, 3.8) is 0 Å². The zero-order chi connectivity index (χ0) is 15.8. The van der Waals surface area contributed by atoms with Crippen molar-refractivity contribution in [3.05, 3.63) is 24.8 Å². The molecule has 124 valence electrons. The molecule has 22 heavy (non-hydrogen) atoms. The van der Waals surface area contributed by atoms with E-state index in [1.165, 1.54) is 44.9 Å². The molecule has 2 atom stereocenters. The van der Waals surface area contributed by atoms with Gasteiger partial charge in [-0.2, -0.15) is 0 Å². The summed E-state index contributed by atoms with van der Waals surface area (Å²) in [5, 5.41) is 0. The van der Waals surface area contributed by atoms with Crippen LogP contribution in [0.4, 0.5) is 0 Å². The highest BCUT2D eigenvalue weighted by atomic mass is 16.2. The van der Waals surface area contributed by atoms with E-state index in [4.69, 9.17) is 0 Å². The molecule has 2 fully saturated rings. The number of carbonyl (C=O) groups is 1. The first-order valence-electron chi connectivity index (χ1n) is 9.31. The van der Waals surface area contributed by atoms with Crippen molar-refractivity contribution in [2.75, 3.05) is 13.1 Å². The van der Waals surface area contributed by atoms with Crippen LogP contribution in [0.3, 0.4) is 0 Å². The molecule has 0 N–H and O–H groups in total. The van der Waals surface area contributed by atoms with E-state index in [1.54, 1.807) is 0 Å². The lowest BCUT2D eigenvalue weighted by molar-refractivity contribution is -0.132. The molecule has 0 spiro atoms. The van der Waals surface area contributed by atoms with Gasteiger partial charge in [0.15, 0.2) is 0 Å². The Kier molecular flexibility index (Phi) is 7.21. The van der Waals surface area contributed by atoms with Gasteiger partial charge in [0.2, 0.25) is 5.91 Å². The molecule has 2 aliphatic rings. The predicted octanol–water partition coefficient (Wildman–Crippen LogP) is 4.96. The van der Waals surface area contributed by atoms with Gasteiger partial charge in [-0.25, -0.2) is 0 Å². The van der Waals surface area contributed by atoms with Crippen molar-refractivity contribution in [1.29, 1.82) is 0 Å². The number of amides is 1. The zero-order valence-corrected chi connectivity index (χ0v) is 14.3. The standard InChI is InChI=1S/C20H33NO/c1-3-5-6-7-8-9-10-11-18-15-19(18)16-21(14-4-2)20(22)17-12-13-17/h4,8-9,17-19H,2-3,5-7,10-16H2,1H3. The Hall–Kier alpha value is -1.05.